The molecule has 0 aliphatic heterocycles. The summed E-state index contributed by atoms with van der Waals surface area (Å²) in [5.74, 6) is -4.59. The number of carboxylic acids is 4. The van der Waals surface area contributed by atoms with Crippen LogP contribution in [0.2, 0.25) is 0 Å². The maximum atomic E-state index is 11.6. The Morgan fingerprint density at radius 2 is 0.927 bits per heavy atom. The number of hydrogen-bond donors (Lipinski definition) is 4. The van der Waals surface area contributed by atoms with E-state index in [2.05, 4.69) is 0 Å². The first-order valence-electron chi connectivity index (χ1n) is 12.6. The van der Waals surface area contributed by atoms with Gasteiger partial charge in [-0.3, -0.25) is 19.2 Å². The minimum absolute atomic E-state index is 0.215. The van der Waals surface area contributed by atoms with Crippen molar-refractivity contribution in [1.29, 1.82) is 0 Å². The van der Waals surface area contributed by atoms with Crippen molar-refractivity contribution >= 4 is 23.9 Å². The number of carbonyl (C=O) groups is 4. The van der Waals surface area contributed by atoms with Crippen LogP contribution in [0.1, 0.15) is 37.8 Å². The number of benzene rings is 2. The van der Waals surface area contributed by atoms with Gasteiger partial charge in [0.05, 0.1) is 0 Å². The first kappa shape index (κ1) is 28.9. The largest absolute Gasteiger partial charge is 0.480 e. The molecule has 0 unspecified atom stereocenters. The summed E-state index contributed by atoms with van der Waals surface area (Å²) >= 11 is 0. The summed E-state index contributed by atoms with van der Waals surface area (Å²) in [7, 11) is 0. The molecule has 0 amide bonds. The molecule has 2 aromatic carbocycles. The van der Waals surface area contributed by atoms with E-state index in [1.54, 1.807) is 24.3 Å². The molecule has 10 heteroatoms. The van der Waals surface area contributed by atoms with Crippen molar-refractivity contribution in [1.82, 2.24) is 0 Å². The fourth-order valence-electron chi connectivity index (χ4n) is 4.68. The summed E-state index contributed by atoms with van der Waals surface area (Å²) in [5, 5.41) is 37.9. The topological polar surface area (TPSA) is 168 Å². The van der Waals surface area contributed by atoms with Crippen molar-refractivity contribution in [3.63, 3.8) is 0 Å². The van der Waals surface area contributed by atoms with Crippen LogP contribution in [0.5, 0.6) is 11.5 Å². The van der Waals surface area contributed by atoms with Gasteiger partial charge in [0.25, 0.3) is 0 Å². The zero-order valence-electron chi connectivity index (χ0n) is 22.2. The fraction of sp³-hybridized carbons (Fsp3) is 0.226. The lowest BCUT2D eigenvalue weighted by atomic mass is 9.78. The van der Waals surface area contributed by atoms with E-state index < -0.39 is 40.1 Å². The molecule has 0 saturated carbocycles. The highest BCUT2D eigenvalue weighted by Gasteiger charge is 2.47. The Bertz CT molecular complexity index is 1360. The van der Waals surface area contributed by atoms with Crippen LogP contribution < -0.4 is 9.47 Å². The second kappa shape index (κ2) is 10.8. The summed E-state index contributed by atoms with van der Waals surface area (Å²) in [6, 6.07) is 14.3. The molecule has 0 heterocycles. The standard InChI is InChI=1S/C31H28O10/c1-29(2,19-7-11-21(12-8-19)40-23-5-3-15-30(17-23,25(32)33)26(34)35)20-9-13-22(14-10-20)41-24-6-4-16-31(18-24,27(36)37)28(38)39/h3-16H,17-18H2,1-2H3,(H,32,33)(H,34,35)(H,36,37)(H,38,39). The van der Waals surface area contributed by atoms with E-state index in [0.717, 1.165) is 23.3 Å². The summed E-state index contributed by atoms with van der Waals surface area (Å²) in [5.41, 5.74) is -2.74. The monoisotopic (exact) mass is 560 g/mol. The van der Waals surface area contributed by atoms with Crippen LogP contribution >= 0.6 is 0 Å². The third kappa shape index (κ3) is 5.49. The average Bonchev–Trinajstić information content (AvgIpc) is 2.93. The Balaban J connectivity index is 1.44. The first-order chi connectivity index (χ1) is 19.3. The van der Waals surface area contributed by atoms with Crippen molar-refractivity contribution in [2.45, 2.75) is 32.1 Å². The van der Waals surface area contributed by atoms with Gasteiger partial charge in [-0.1, -0.05) is 62.4 Å². The third-order valence-electron chi connectivity index (χ3n) is 7.41. The SMILES string of the molecule is CC(C)(c1ccc(OC2=CC=CC(C(=O)O)(C(=O)O)C2)cc1)c1ccc(OC2=CC=CC(C(=O)O)(C(=O)O)C2)cc1. The molecule has 4 rings (SSSR count). The molecular formula is C31H28O10. The van der Waals surface area contributed by atoms with Gasteiger partial charge in [-0.05, 0) is 47.5 Å². The van der Waals surface area contributed by atoms with Crippen molar-refractivity contribution in [2.24, 2.45) is 10.8 Å². The summed E-state index contributed by atoms with van der Waals surface area (Å²) in [6.45, 7) is 4.04. The molecule has 2 aliphatic carbocycles. The number of allylic oxidation sites excluding steroid dienone is 6. The molecule has 2 aromatic rings. The Labute approximate surface area is 235 Å². The maximum Gasteiger partial charge on any atom is 0.325 e. The molecule has 4 N–H and O–H groups in total. The highest BCUT2D eigenvalue weighted by Crippen LogP contribution is 2.37. The van der Waals surface area contributed by atoms with Crippen LogP contribution in [0.3, 0.4) is 0 Å². The molecule has 0 radical (unpaired) electrons. The number of ether oxygens (including phenoxy) is 2. The smallest absolute Gasteiger partial charge is 0.325 e. The molecule has 0 bridgehead atoms. The lowest BCUT2D eigenvalue weighted by Crippen LogP contribution is -2.39. The summed E-state index contributed by atoms with van der Waals surface area (Å²) in [4.78, 5) is 46.5. The Morgan fingerprint density at radius 3 is 1.22 bits per heavy atom. The summed E-state index contributed by atoms with van der Waals surface area (Å²) < 4.78 is 11.6. The second-order valence-corrected chi connectivity index (χ2v) is 10.4. The van der Waals surface area contributed by atoms with Crippen LogP contribution in [0, 0.1) is 10.8 Å². The molecule has 212 valence electrons. The predicted octanol–water partition coefficient (Wildman–Crippen LogP) is 4.77. The molecular weight excluding hydrogens is 532 g/mol. The Morgan fingerprint density at radius 1 is 0.610 bits per heavy atom. The molecule has 0 spiro atoms. The zero-order chi connectivity index (χ0) is 30.0. The van der Waals surface area contributed by atoms with Gasteiger partial charge in [0.1, 0.15) is 23.0 Å². The van der Waals surface area contributed by atoms with E-state index in [-0.39, 0.29) is 24.4 Å². The molecule has 2 aliphatic rings. The molecule has 0 atom stereocenters. The molecule has 0 aromatic heterocycles. The number of rotatable bonds is 10. The van der Waals surface area contributed by atoms with Gasteiger partial charge in [-0.15, -0.1) is 0 Å². The third-order valence-corrected chi connectivity index (χ3v) is 7.41. The minimum Gasteiger partial charge on any atom is -0.480 e. The summed E-state index contributed by atoms with van der Waals surface area (Å²) in [6.07, 6.45) is 7.42. The van der Waals surface area contributed by atoms with Gasteiger partial charge < -0.3 is 29.9 Å². The van der Waals surface area contributed by atoms with Gasteiger partial charge in [0, 0.05) is 18.3 Å². The van der Waals surface area contributed by atoms with Gasteiger partial charge >= 0.3 is 23.9 Å². The lowest BCUT2D eigenvalue weighted by molar-refractivity contribution is -0.162. The normalized spacial score (nSPS) is 17.1. The minimum atomic E-state index is -2.08. The van der Waals surface area contributed by atoms with E-state index in [4.69, 9.17) is 9.47 Å². The average molecular weight is 561 g/mol. The van der Waals surface area contributed by atoms with Gasteiger partial charge in [-0.25, -0.2) is 0 Å². The first-order valence-corrected chi connectivity index (χ1v) is 12.6. The van der Waals surface area contributed by atoms with E-state index in [1.165, 1.54) is 24.3 Å². The van der Waals surface area contributed by atoms with Crippen LogP contribution in [-0.2, 0) is 24.6 Å². The van der Waals surface area contributed by atoms with Crippen molar-refractivity contribution < 1.29 is 49.1 Å². The van der Waals surface area contributed by atoms with Gasteiger partial charge in [0.15, 0.2) is 10.8 Å². The highest BCUT2D eigenvalue weighted by molar-refractivity contribution is 6.01. The lowest BCUT2D eigenvalue weighted by Gasteiger charge is -2.27. The van der Waals surface area contributed by atoms with Crippen LogP contribution in [0.25, 0.3) is 0 Å². The van der Waals surface area contributed by atoms with E-state index in [0.29, 0.717) is 11.5 Å². The maximum absolute atomic E-state index is 11.6. The van der Waals surface area contributed by atoms with Crippen molar-refractivity contribution in [2.75, 3.05) is 0 Å². The Kier molecular flexibility index (Phi) is 7.61. The molecule has 10 nitrogen and oxygen atoms in total. The second-order valence-electron chi connectivity index (χ2n) is 10.4. The van der Waals surface area contributed by atoms with E-state index in [1.807, 2.05) is 38.1 Å². The zero-order valence-corrected chi connectivity index (χ0v) is 22.2. The van der Waals surface area contributed by atoms with Crippen molar-refractivity contribution in [3.05, 3.63) is 108 Å². The van der Waals surface area contributed by atoms with Gasteiger partial charge in [0.2, 0.25) is 0 Å². The van der Waals surface area contributed by atoms with Crippen LogP contribution in [0.4, 0.5) is 0 Å². The molecule has 0 saturated heterocycles. The molecule has 41 heavy (non-hydrogen) atoms. The van der Waals surface area contributed by atoms with Crippen molar-refractivity contribution in [3.8, 4) is 11.5 Å². The van der Waals surface area contributed by atoms with Gasteiger partial charge in [-0.2, -0.15) is 0 Å². The van der Waals surface area contributed by atoms with Crippen LogP contribution in [0.15, 0.2) is 96.5 Å². The number of hydrogen-bond acceptors (Lipinski definition) is 6. The van der Waals surface area contributed by atoms with E-state index in [9.17, 15) is 39.6 Å². The number of carboxylic acid groups (broad SMARTS) is 4. The predicted molar refractivity (Wildman–Crippen MR) is 145 cm³/mol. The Hall–Kier alpha value is -5.12. The quantitative estimate of drug-likeness (QED) is 0.297. The van der Waals surface area contributed by atoms with Crippen LogP contribution in [-0.4, -0.2) is 44.3 Å². The highest BCUT2D eigenvalue weighted by atomic mass is 16.5. The fourth-order valence-corrected chi connectivity index (χ4v) is 4.68. The van der Waals surface area contributed by atoms with E-state index >= 15 is 0 Å². The molecule has 0 fully saturated rings. The number of aliphatic carboxylic acids is 4.